The second kappa shape index (κ2) is 9.25. The molecule has 0 saturated carbocycles. The van der Waals surface area contributed by atoms with E-state index in [-0.39, 0.29) is 16.4 Å². The van der Waals surface area contributed by atoms with E-state index in [2.05, 4.69) is 16.2 Å². The van der Waals surface area contributed by atoms with Gasteiger partial charge in [-0.2, -0.15) is 0 Å². The van der Waals surface area contributed by atoms with Gasteiger partial charge in [-0.15, -0.1) is 0 Å². The molecule has 2 amide bonds. The number of nitrogens with zero attached hydrogens (tertiary/aromatic N) is 1. The van der Waals surface area contributed by atoms with Crippen molar-refractivity contribution in [2.24, 2.45) is 0 Å². The summed E-state index contributed by atoms with van der Waals surface area (Å²) in [7, 11) is 0. The fourth-order valence-corrected chi connectivity index (χ4v) is 2.19. The molecule has 0 aliphatic heterocycles. The molecule has 0 saturated heterocycles. The SMILES string of the molecule is CCOc1cccc(C(=O)NC(=S)NNC(=O)c2cccc([N+](=O)[O-])c2)c1. The lowest BCUT2D eigenvalue weighted by molar-refractivity contribution is -0.384. The fraction of sp³-hybridized carbons (Fsp3) is 0.118. The van der Waals surface area contributed by atoms with Gasteiger partial charge < -0.3 is 4.74 Å². The van der Waals surface area contributed by atoms with Crippen molar-refractivity contribution in [1.82, 2.24) is 16.2 Å². The zero-order valence-electron chi connectivity index (χ0n) is 14.2. The molecule has 2 aromatic carbocycles. The number of ether oxygens (including phenoxy) is 1. The van der Waals surface area contributed by atoms with Gasteiger partial charge in [-0.25, -0.2) is 0 Å². The lowest BCUT2D eigenvalue weighted by atomic mass is 10.2. The van der Waals surface area contributed by atoms with Crippen molar-refractivity contribution in [2.45, 2.75) is 6.92 Å². The predicted octanol–water partition coefficient (Wildman–Crippen LogP) is 1.94. The van der Waals surface area contributed by atoms with Crippen LogP contribution in [0.4, 0.5) is 5.69 Å². The molecule has 2 rings (SSSR count). The summed E-state index contributed by atoms with van der Waals surface area (Å²) in [5, 5.41) is 13.0. The van der Waals surface area contributed by atoms with Gasteiger partial charge in [0.15, 0.2) is 5.11 Å². The Balaban J connectivity index is 1.91. The van der Waals surface area contributed by atoms with Crippen LogP contribution in [0.5, 0.6) is 5.75 Å². The number of thiocarbonyl (C=S) groups is 1. The molecule has 0 atom stereocenters. The summed E-state index contributed by atoms with van der Waals surface area (Å²) in [5.74, 6) is -0.588. The van der Waals surface area contributed by atoms with E-state index in [1.807, 2.05) is 6.92 Å². The van der Waals surface area contributed by atoms with Crippen LogP contribution in [0.1, 0.15) is 27.6 Å². The summed E-state index contributed by atoms with van der Waals surface area (Å²) in [6, 6.07) is 11.7. The molecule has 3 N–H and O–H groups in total. The molecule has 140 valence electrons. The van der Waals surface area contributed by atoms with Crippen molar-refractivity contribution in [3.63, 3.8) is 0 Å². The van der Waals surface area contributed by atoms with Crippen LogP contribution < -0.4 is 20.9 Å². The lowest BCUT2D eigenvalue weighted by Crippen LogP contribution is -2.48. The molecular formula is C17H16N4O5S. The van der Waals surface area contributed by atoms with Gasteiger partial charge in [-0.05, 0) is 43.4 Å². The quantitative estimate of drug-likeness (QED) is 0.406. The minimum Gasteiger partial charge on any atom is -0.494 e. The molecule has 9 nitrogen and oxygen atoms in total. The Morgan fingerprint density at radius 3 is 2.41 bits per heavy atom. The van der Waals surface area contributed by atoms with Crippen LogP contribution in [0.15, 0.2) is 48.5 Å². The molecule has 0 radical (unpaired) electrons. The average Bonchev–Trinajstić information content (AvgIpc) is 2.66. The molecular weight excluding hydrogens is 372 g/mol. The van der Waals surface area contributed by atoms with Gasteiger partial charge >= 0.3 is 0 Å². The molecule has 0 unspecified atom stereocenters. The number of hydrogen-bond acceptors (Lipinski definition) is 6. The van der Waals surface area contributed by atoms with E-state index < -0.39 is 16.7 Å². The molecule has 0 heterocycles. The highest BCUT2D eigenvalue weighted by Crippen LogP contribution is 2.13. The molecule has 0 aliphatic rings. The summed E-state index contributed by atoms with van der Waals surface area (Å²) in [6.07, 6.45) is 0. The molecule has 0 aromatic heterocycles. The smallest absolute Gasteiger partial charge is 0.270 e. The summed E-state index contributed by atoms with van der Waals surface area (Å²) in [5.41, 5.74) is 4.81. The van der Waals surface area contributed by atoms with E-state index in [9.17, 15) is 19.7 Å². The number of carbonyl (C=O) groups is 2. The van der Waals surface area contributed by atoms with Crippen LogP contribution in [-0.2, 0) is 0 Å². The Labute approximate surface area is 159 Å². The first-order valence-corrected chi connectivity index (χ1v) is 8.20. The number of benzene rings is 2. The van der Waals surface area contributed by atoms with E-state index >= 15 is 0 Å². The van der Waals surface area contributed by atoms with Crippen molar-refractivity contribution < 1.29 is 19.2 Å². The topological polar surface area (TPSA) is 123 Å². The van der Waals surface area contributed by atoms with Gasteiger partial charge in [0, 0.05) is 23.3 Å². The maximum absolute atomic E-state index is 12.2. The van der Waals surface area contributed by atoms with E-state index in [0.29, 0.717) is 17.9 Å². The fourth-order valence-electron chi connectivity index (χ4n) is 2.05. The van der Waals surface area contributed by atoms with Crippen molar-refractivity contribution in [2.75, 3.05) is 6.61 Å². The highest BCUT2D eigenvalue weighted by atomic mass is 32.1. The Bertz CT molecular complexity index is 887. The van der Waals surface area contributed by atoms with Crippen LogP contribution in [0, 0.1) is 10.1 Å². The number of nitrogens with one attached hydrogen (secondary N) is 3. The number of hydrazine groups is 1. The number of hydrogen-bond donors (Lipinski definition) is 3. The van der Waals surface area contributed by atoms with Crippen LogP contribution in [0.25, 0.3) is 0 Å². The van der Waals surface area contributed by atoms with Crippen LogP contribution >= 0.6 is 12.2 Å². The lowest BCUT2D eigenvalue weighted by Gasteiger charge is -2.11. The maximum atomic E-state index is 12.2. The third kappa shape index (κ3) is 5.75. The highest BCUT2D eigenvalue weighted by Gasteiger charge is 2.13. The highest BCUT2D eigenvalue weighted by molar-refractivity contribution is 7.80. The van der Waals surface area contributed by atoms with Crippen molar-refractivity contribution >= 4 is 34.8 Å². The number of nitro benzene ring substituents is 1. The van der Waals surface area contributed by atoms with E-state index in [1.54, 1.807) is 24.3 Å². The van der Waals surface area contributed by atoms with Crippen LogP contribution in [-0.4, -0.2) is 28.5 Å². The molecule has 27 heavy (non-hydrogen) atoms. The summed E-state index contributed by atoms with van der Waals surface area (Å²) >= 11 is 4.95. The largest absolute Gasteiger partial charge is 0.494 e. The number of rotatable bonds is 5. The maximum Gasteiger partial charge on any atom is 0.270 e. The van der Waals surface area contributed by atoms with Gasteiger partial charge in [-0.3, -0.25) is 35.9 Å². The molecule has 2 aromatic rings. The zero-order valence-corrected chi connectivity index (χ0v) is 15.0. The Morgan fingerprint density at radius 2 is 1.74 bits per heavy atom. The Hall–Kier alpha value is -3.53. The average molecular weight is 388 g/mol. The van der Waals surface area contributed by atoms with E-state index in [0.717, 1.165) is 6.07 Å². The minimum atomic E-state index is -0.645. The molecule has 0 fully saturated rings. The van der Waals surface area contributed by atoms with Crippen LogP contribution in [0.2, 0.25) is 0 Å². The monoisotopic (exact) mass is 388 g/mol. The zero-order chi connectivity index (χ0) is 19.8. The second-order valence-corrected chi connectivity index (χ2v) is 5.54. The predicted molar refractivity (Wildman–Crippen MR) is 101 cm³/mol. The Kier molecular flexibility index (Phi) is 6.78. The number of nitro groups is 1. The van der Waals surface area contributed by atoms with Gasteiger partial charge in [-0.1, -0.05) is 12.1 Å². The molecule has 0 aliphatic carbocycles. The third-order valence-corrected chi connectivity index (χ3v) is 3.45. The van der Waals surface area contributed by atoms with Crippen molar-refractivity contribution in [1.29, 1.82) is 0 Å². The van der Waals surface area contributed by atoms with Gasteiger partial charge in [0.1, 0.15) is 5.75 Å². The van der Waals surface area contributed by atoms with E-state index in [4.69, 9.17) is 17.0 Å². The van der Waals surface area contributed by atoms with Gasteiger partial charge in [0.25, 0.3) is 17.5 Å². The van der Waals surface area contributed by atoms with Crippen LogP contribution in [0.3, 0.4) is 0 Å². The first kappa shape index (κ1) is 19.8. The van der Waals surface area contributed by atoms with Crippen molar-refractivity contribution in [3.05, 3.63) is 69.8 Å². The van der Waals surface area contributed by atoms with Gasteiger partial charge in [0.2, 0.25) is 0 Å². The third-order valence-electron chi connectivity index (χ3n) is 3.24. The Morgan fingerprint density at radius 1 is 1.07 bits per heavy atom. The normalized spacial score (nSPS) is 9.81. The molecule has 0 spiro atoms. The first-order valence-electron chi connectivity index (χ1n) is 7.79. The second-order valence-electron chi connectivity index (χ2n) is 5.13. The summed E-state index contributed by atoms with van der Waals surface area (Å²) in [4.78, 5) is 34.3. The molecule has 10 heteroatoms. The minimum absolute atomic E-state index is 0.0650. The summed E-state index contributed by atoms with van der Waals surface area (Å²) < 4.78 is 5.32. The first-order chi connectivity index (χ1) is 12.9. The van der Waals surface area contributed by atoms with Gasteiger partial charge in [0.05, 0.1) is 11.5 Å². The van der Waals surface area contributed by atoms with Crippen molar-refractivity contribution in [3.8, 4) is 5.75 Å². The number of amides is 2. The van der Waals surface area contributed by atoms with E-state index in [1.165, 1.54) is 18.2 Å². The number of carbonyl (C=O) groups excluding carboxylic acids is 2. The summed E-state index contributed by atoms with van der Waals surface area (Å²) in [6.45, 7) is 2.30. The standard InChI is InChI=1S/C17H16N4O5S/c1-2-26-14-8-4-6-12(10-14)15(22)18-17(27)20-19-16(23)11-5-3-7-13(9-11)21(24)25/h3-10H,2H2,1H3,(H,19,23)(H2,18,20,22,27). The molecule has 0 bridgehead atoms. The number of non-ortho nitro benzene ring substituents is 1.